The summed E-state index contributed by atoms with van der Waals surface area (Å²) in [5, 5.41) is 1.75. The highest BCUT2D eigenvalue weighted by Gasteiger charge is 1.87. The summed E-state index contributed by atoms with van der Waals surface area (Å²) >= 11 is 0. The van der Waals surface area contributed by atoms with Crippen molar-refractivity contribution < 1.29 is 4.84 Å². The Morgan fingerprint density at radius 1 is 1.00 bits per heavy atom. The Labute approximate surface area is 77.9 Å². The summed E-state index contributed by atoms with van der Waals surface area (Å²) in [5.74, 6) is 0. The Balaban J connectivity index is 0. The second-order valence-corrected chi connectivity index (χ2v) is 3.06. The van der Waals surface area contributed by atoms with Crippen LogP contribution in [-0.2, 0) is 4.84 Å². The van der Waals surface area contributed by atoms with Crippen molar-refractivity contribution in [3.8, 4) is 0 Å². The van der Waals surface area contributed by atoms with E-state index in [0.29, 0.717) is 0 Å². The van der Waals surface area contributed by atoms with E-state index in [4.69, 9.17) is 4.84 Å². The third-order valence-electron chi connectivity index (χ3n) is 1.10. The Bertz CT molecular complexity index is 64.9. The monoisotopic (exact) mass is 175 g/mol. The SMILES string of the molecule is CCC.CCCCCON(C)C. The van der Waals surface area contributed by atoms with E-state index < -0.39 is 0 Å². The maximum absolute atomic E-state index is 5.18. The van der Waals surface area contributed by atoms with Crippen LogP contribution in [0.4, 0.5) is 0 Å². The van der Waals surface area contributed by atoms with E-state index in [1.807, 2.05) is 14.1 Å². The van der Waals surface area contributed by atoms with Gasteiger partial charge in [0, 0.05) is 14.1 Å². The summed E-state index contributed by atoms with van der Waals surface area (Å²) in [6.45, 7) is 7.30. The first-order valence-electron chi connectivity index (χ1n) is 4.99. The van der Waals surface area contributed by atoms with Gasteiger partial charge >= 0.3 is 0 Å². The number of unbranched alkanes of at least 4 members (excludes halogenated alkanes) is 2. The Kier molecular flexibility index (Phi) is 16.3. The van der Waals surface area contributed by atoms with Crippen LogP contribution in [0.5, 0.6) is 0 Å². The molecule has 0 aliphatic heterocycles. The lowest BCUT2D eigenvalue weighted by Crippen LogP contribution is -2.12. The van der Waals surface area contributed by atoms with Crippen LogP contribution < -0.4 is 0 Å². The van der Waals surface area contributed by atoms with E-state index >= 15 is 0 Å². The highest BCUT2D eigenvalue weighted by molar-refractivity contribution is 4.33. The third-order valence-corrected chi connectivity index (χ3v) is 1.10. The Morgan fingerprint density at radius 2 is 1.50 bits per heavy atom. The molecule has 0 aliphatic carbocycles. The molecule has 0 aromatic carbocycles. The lowest BCUT2D eigenvalue weighted by atomic mass is 10.3. The lowest BCUT2D eigenvalue weighted by Gasteiger charge is -2.08. The molecule has 76 valence electrons. The molecule has 0 aliphatic rings. The van der Waals surface area contributed by atoms with Crippen molar-refractivity contribution in [2.24, 2.45) is 0 Å². The van der Waals surface area contributed by atoms with Crippen molar-refractivity contribution in [1.82, 2.24) is 5.06 Å². The number of rotatable bonds is 5. The zero-order valence-electron chi connectivity index (χ0n) is 9.39. The maximum atomic E-state index is 5.18. The second-order valence-electron chi connectivity index (χ2n) is 3.06. The van der Waals surface area contributed by atoms with Gasteiger partial charge in [-0.3, -0.25) is 4.84 Å². The van der Waals surface area contributed by atoms with Gasteiger partial charge in [-0.05, 0) is 6.42 Å². The Hall–Kier alpha value is -0.0800. The van der Waals surface area contributed by atoms with Crippen LogP contribution in [0.2, 0.25) is 0 Å². The largest absolute Gasteiger partial charge is 0.300 e. The fourth-order valence-electron chi connectivity index (χ4n) is 0.599. The van der Waals surface area contributed by atoms with Gasteiger partial charge in [-0.1, -0.05) is 40.0 Å². The van der Waals surface area contributed by atoms with Crippen molar-refractivity contribution in [2.45, 2.75) is 46.5 Å². The zero-order chi connectivity index (χ0) is 9.82. The molecule has 0 unspecified atom stereocenters. The molecule has 0 spiro atoms. The minimum Gasteiger partial charge on any atom is -0.300 e. The van der Waals surface area contributed by atoms with Gasteiger partial charge in [0.25, 0.3) is 0 Å². The van der Waals surface area contributed by atoms with Crippen LogP contribution in [0.15, 0.2) is 0 Å². The van der Waals surface area contributed by atoms with Crippen LogP contribution in [0.1, 0.15) is 46.5 Å². The first-order valence-corrected chi connectivity index (χ1v) is 4.99. The van der Waals surface area contributed by atoms with E-state index in [2.05, 4.69) is 20.8 Å². The van der Waals surface area contributed by atoms with Crippen molar-refractivity contribution in [1.29, 1.82) is 0 Å². The smallest absolute Gasteiger partial charge is 0.0684 e. The molecule has 0 aromatic heterocycles. The third kappa shape index (κ3) is 22.5. The molecule has 0 aromatic rings. The summed E-state index contributed by atoms with van der Waals surface area (Å²) < 4.78 is 0. The normalized spacial score (nSPS) is 9.50. The molecule has 0 N–H and O–H groups in total. The minimum absolute atomic E-state index is 0.862. The van der Waals surface area contributed by atoms with Crippen molar-refractivity contribution in [2.75, 3.05) is 20.7 Å². The van der Waals surface area contributed by atoms with E-state index in [9.17, 15) is 0 Å². The Morgan fingerprint density at radius 3 is 1.83 bits per heavy atom. The molecule has 0 amide bonds. The highest BCUT2D eigenvalue weighted by atomic mass is 16.7. The van der Waals surface area contributed by atoms with Gasteiger partial charge in [0.05, 0.1) is 6.61 Å². The van der Waals surface area contributed by atoms with Crippen LogP contribution >= 0.6 is 0 Å². The average Bonchev–Trinajstić information content (AvgIpc) is 1.99. The van der Waals surface area contributed by atoms with Crippen LogP contribution in [0, 0.1) is 0 Å². The minimum atomic E-state index is 0.862. The van der Waals surface area contributed by atoms with E-state index in [1.165, 1.54) is 25.7 Å². The van der Waals surface area contributed by atoms with E-state index in [1.54, 1.807) is 5.06 Å². The van der Waals surface area contributed by atoms with Gasteiger partial charge < -0.3 is 0 Å². The van der Waals surface area contributed by atoms with Gasteiger partial charge in [-0.15, -0.1) is 0 Å². The average molecular weight is 175 g/mol. The zero-order valence-corrected chi connectivity index (χ0v) is 9.39. The molecule has 12 heavy (non-hydrogen) atoms. The number of nitrogens with zero attached hydrogens (tertiary/aromatic N) is 1. The molecular weight excluding hydrogens is 150 g/mol. The fourth-order valence-corrected chi connectivity index (χ4v) is 0.599. The standard InChI is InChI=1S/C7H17NO.C3H8/c1-4-5-6-7-9-8(2)3;1-3-2/h4-7H2,1-3H3;3H2,1-2H3. The number of hydrogen-bond acceptors (Lipinski definition) is 2. The molecular formula is C10H25NO. The van der Waals surface area contributed by atoms with Gasteiger partial charge in [0.2, 0.25) is 0 Å². The predicted octanol–water partition coefficient (Wildman–Crippen LogP) is 3.09. The van der Waals surface area contributed by atoms with Crippen LogP contribution in [-0.4, -0.2) is 25.8 Å². The summed E-state index contributed by atoms with van der Waals surface area (Å²) in [6.07, 6.45) is 4.96. The van der Waals surface area contributed by atoms with Crippen molar-refractivity contribution in [3.63, 3.8) is 0 Å². The van der Waals surface area contributed by atoms with Gasteiger partial charge in [0.1, 0.15) is 0 Å². The van der Waals surface area contributed by atoms with E-state index in [0.717, 1.165) is 6.61 Å². The van der Waals surface area contributed by atoms with Crippen molar-refractivity contribution in [3.05, 3.63) is 0 Å². The summed E-state index contributed by atoms with van der Waals surface area (Å²) in [4.78, 5) is 5.18. The maximum Gasteiger partial charge on any atom is 0.0684 e. The topological polar surface area (TPSA) is 12.5 Å². The predicted molar refractivity (Wildman–Crippen MR) is 55.1 cm³/mol. The number of hydroxylamine groups is 2. The molecule has 0 bridgehead atoms. The van der Waals surface area contributed by atoms with Gasteiger partial charge in [-0.25, -0.2) is 0 Å². The van der Waals surface area contributed by atoms with E-state index in [-0.39, 0.29) is 0 Å². The molecule has 0 rings (SSSR count). The molecule has 0 heterocycles. The molecule has 0 fully saturated rings. The van der Waals surface area contributed by atoms with Crippen molar-refractivity contribution >= 4 is 0 Å². The highest BCUT2D eigenvalue weighted by Crippen LogP contribution is 1.93. The molecule has 0 atom stereocenters. The van der Waals surface area contributed by atoms with Crippen LogP contribution in [0.25, 0.3) is 0 Å². The van der Waals surface area contributed by atoms with Gasteiger partial charge in [0.15, 0.2) is 0 Å². The summed E-state index contributed by atoms with van der Waals surface area (Å²) in [7, 11) is 3.82. The molecule has 2 nitrogen and oxygen atoms in total. The molecule has 2 heteroatoms. The summed E-state index contributed by atoms with van der Waals surface area (Å²) in [6, 6.07) is 0. The first-order chi connectivity index (χ1) is 5.68. The lowest BCUT2D eigenvalue weighted by molar-refractivity contribution is -0.120. The van der Waals surface area contributed by atoms with Crippen LogP contribution in [0.3, 0.4) is 0 Å². The fraction of sp³-hybridized carbons (Fsp3) is 1.00. The number of hydrogen-bond donors (Lipinski definition) is 0. The quantitative estimate of drug-likeness (QED) is 0.470. The first kappa shape index (κ1) is 14.4. The summed E-state index contributed by atoms with van der Waals surface area (Å²) in [5.41, 5.74) is 0. The van der Waals surface area contributed by atoms with Gasteiger partial charge in [-0.2, -0.15) is 5.06 Å². The second kappa shape index (κ2) is 13.5. The molecule has 0 radical (unpaired) electrons. The molecule has 0 saturated heterocycles. The molecule has 0 saturated carbocycles.